The zero-order chi connectivity index (χ0) is 11.0. The van der Waals surface area contributed by atoms with Gasteiger partial charge in [0.25, 0.3) is 5.95 Å². The van der Waals surface area contributed by atoms with Gasteiger partial charge in [0.2, 0.25) is 5.88 Å². The highest BCUT2D eigenvalue weighted by Gasteiger charge is 2.09. The second-order valence-corrected chi connectivity index (χ2v) is 3.51. The molecule has 78 valence electrons. The van der Waals surface area contributed by atoms with Gasteiger partial charge in [-0.15, -0.1) is 0 Å². The number of aryl methyl sites for hydroxylation is 3. The summed E-state index contributed by atoms with van der Waals surface area (Å²) in [5, 5.41) is 13.7. The van der Waals surface area contributed by atoms with Crippen molar-refractivity contribution in [1.29, 1.82) is 0 Å². The molecule has 2 aromatic rings. The number of hydrogen-bond acceptors (Lipinski definition) is 4. The first-order valence-electron chi connectivity index (χ1n) is 4.64. The quantitative estimate of drug-likeness (QED) is 0.760. The zero-order valence-electron chi connectivity index (χ0n) is 8.89. The van der Waals surface area contributed by atoms with Crippen LogP contribution in [0.15, 0.2) is 12.1 Å². The summed E-state index contributed by atoms with van der Waals surface area (Å²) in [6.45, 7) is 5.57. The Morgan fingerprint density at radius 2 is 1.60 bits per heavy atom. The van der Waals surface area contributed by atoms with Crippen molar-refractivity contribution in [2.24, 2.45) is 0 Å². The van der Waals surface area contributed by atoms with E-state index in [9.17, 15) is 5.11 Å². The Morgan fingerprint density at radius 3 is 2.07 bits per heavy atom. The van der Waals surface area contributed by atoms with E-state index in [1.807, 2.05) is 19.9 Å². The highest BCUT2D eigenvalue weighted by molar-refractivity contribution is 5.25. The molecule has 0 aliphatic rings. The molecule has 0 saturated heterocycles. The van der Waals surface area contributed by atoms with Crippen LogP contribution in [0.4, 0.5) is 0 Å². The first-order valence-corrected chi connectivity index (χ1v) is 4.64. The second-order valence-electron chi connectivity index (χ2n) is 3.51. The van der Waals surface area contributed by atoms with Crippen LogP contribution < -0.4 is 0 Å². The van der Waals surface area contributed by atoms with Crippen LogP contribution in [0.5, 0.6) is 5.88 Å². The summed E-state index contributed by atoms with van der Waals surface area (Å²) in [6.07, 6.45) is 0. The largest absolute Gasteiger partial charge is 0.493 e. The third-order valence-corrected chi connectivity index (χ3v) is 1.97. The van der Waals surface area contributed by atoms with E-state index < -0.39 is 0 Å². The molecule has 0 radical (unpaired) electrons. The summed E-state index contributed by atoms with van der Waals surface area (Å²) in [5.74, 6) is 0.454. The van der Waals surface area contributed by atoms with Gasteiger partial charge < -0.3 is 5.11 Å². The minimum atomic E-state index is 0.0532. The molecule has 0 saturated carbocycles. The van der Waals surface area contributed by atoms with Crippen LogP contribution in [-0.4, -0.2) is 24.9 Å². The van der Waals surface area contributed by atoms with Crippen LogP contribution in [0.3, 0.4) is 0 Å². The van der Waals surface area contributed by atoms with Crippen molar-refractivity contribution >= 4 is 0 Å². The van der Waals surface area contributed by atoms with E-state index in [0.717, 1.165) is 17.1 Å². The molecular weight excluding hydrogens is 192 g/mol. The molecule has 5 nitrogen and oxygen atoms in total. The maximum Gasteiger partial charge on any atom is 0.254 e. The van der Waals surface area contributed by atoms with E-state index in [1.54, 1.807) is 13.0 Å². The average Bonchev–Trinajstić information content (AvgIpc) is 2.43. The van der Waals surface area contributed by atoms with E-state index in [-0.39, 0.29) is 5.88 Å². The molecule has 0 amide bonds. The zero-order valence-corrected chi connectivity index (χ0v) is 8.89. The topological polar surface area (TPSA) is 63.8 Å². The fraction of sp³-hybridized carbons (Fsp3) is 0.300. The van der Waals surface area contributed by atoms with Crippen molar-refractivity contribution < 1.29 is 5.11 Å². The maximum atomic E-state index is 9.59. The van der Waals surface area contributed by atoms with Gasteiger partial charge in [-0.1, -0.05) is 0 Å². The van der Waals surface area contributed by atoms with Crippen molar-refractivity contribution in [2.75, 3.05) is 0 Å². The molecule has 0 spiro atoms. The molecule has 0 fully saturated rings. The van der Waals surface area contributed by atoms with E-state index in [4.69, 9.17) is 0 Å². The van der Waals surface area contributed by atoms with Crippen molar-refractivity contribution in [1.82, 2.24) is 19.7 Å². The highest BCUT2D eigenvalue weighted by Crippen LogP contribution is 2.15. The third-order valence-electron chi connectivity index (χ3n) is 1.97. The number of hydrogen-bond donors (Lipinski definition) is 1. The van der Waals surface area contributed by atoms with E-state index in [2.05, 4.69) is 15.1 Å². The van der Waals surface area contributed by atoms with Crippen LogP contribution in [-0.2, 0) is 0 Å². The lowest BCUT2D eigenvalue weighted by atomic mass is 10.4. The van der Waals surface area contributed by atoms with Crippen LogP contribution >= 0.6 is 0 Å². The average molecular weight is 204 g/mol. The molecule has 0 atom stereocenters. The Balaban J connectivity index is 2.58. The summed E-state index contributed by atoms with van der Waals surface area (Å²) >= 11 is 0. The fourth-order valence-electron chi connectivity index (χ4n) is 1.44. The molecule has 1 N–H and O–H groups in total. The Bertz CT molecular complexity index is 484. The van der Waals surface area contributed by atoms with Crippen LogP contribution in [0, 0.1) is 20.8 Å². The van der Waals surface area contributed by atoms with Crippen LogP contribution in [0.2, 0.25) is 0 Å². The molecule has 5 heteroatoms. The van der Waals surface area contributed by atoms with Gasteiger partial charge in [-0.25, -0.2) is 9.97 Å². The molecule has 0 aliphatic carbocycles. The van der Waals surface area contributed by atoms with E-state index in [0.29, 0.717) is 5.95 Å². The number of aromatic nitrogens is 4. The first-order chi connectivity index (χ1) is 7.06. The van der Waals surface area contributed by atoms with Gasteiger partial charge in [-0.05, 0) is 26.8 Å². The van der Waals surface area contributed by atoms with Crippen molar-refractivity contribution in [3.63, 3.8) is 0 Å². The van der Waals surface area contributed by atoms with Gasteiger partial charge in [0.05, 0.1) is 5.69 Å². The monoisotopic (exact) mass is 204 g/mol. The lowest BCUT2D eigenvalue weighted by Gasteiger charge is -2.03. The summed E-state index contributed by atoms with van der Waals surface area (Å²) in [4.78, 5) is 8.42. The van der Waals surface area contributed by atoms with Crippen LogP contribution in [0.25, 0.3) is 5.95 Å². The predicted octanol–water partition coefficient (Wildman–Crippen LogP) is 1.29. The van der Waals surface area contributed by atoms with E-state index >= 15 is 0 Å². The SMILES string of the molecule is Cc1cc(C)nc(-n2nc(C)cc2O)n1. The lowest BCUT2D eigenvalue weighted by molar-refractivity contribution is 0.429. The molecule has 0 aromatic carbocycles. The predicted molar refractivity (Wildman–Crippen MR) is 55.0 cm³/mol. The van der Waals surface area contributed by atoms with Gasteiger partial charge >= 0.3 is 0 Å². The molecular formula is C10H12N4O. The van der Waals surface area contributed by atoms with Crippen molar-refractivity contribution in [3.05, 3.63) is 29.2 Å². The third kappa shape index (κ3) is 1.81. The maximum absolute atomic E-state index is 9.59. The molecule has 15 heavy (non-hydrogen) atoms. The molecule has 0 aliphatic heterocycles. The summed E-state index contributed by atoms with van der Waals surface area (Å²) in [5.41, 5.74) is 2.44. The molecule has 2 aromatic heterocycles. The van der Waals surface area contributed by atoms with Gasteiger partial charge in [0.1, 0.15) is 0 Å². The van der Waals surface area contributed by atoms with Gasteiger partial charge in [-0.2, -0.15) is 9.78 Å². The second kappa shape index (κ2) is 3.34. The van der Waals surface area contributed by atoms with Crippen molar-refractivity contribution in [3.8, 4) is 11.8 Å². The minimum absolute atomic E-state index is 0.0532. The van der Waals surface area contributed by atoms with Gasteiger partial charge in [0.15, 0.2) is 0 Å². The Morgan fingerprint density at radius 1 is 1.00 bits per heavy atom. The smallest absolute Gasteiger partial charge is 0.254 e. The number of nitrogens with zero attached hydrogens (tertiary/aromatic N) is 4. The Kier molecular flexibility index (Phi) is 2.15. The lowest BCUT2D eigenvalue weighted by Crippen LogP contribution is -2.04. The molecule has 2 rings (SSSR count). The van der Waals surface area contributed by atoms with Crippen LogP contribution in [0.1, 0.15) is 17.1 Å². The molecule has 2 heterocycles. The summed E-state index contributed by atoms with van der Waals surface area (Å²) in [6, 6.07) is 3.44. The summed E-state index contributed by atoms with van der Waals surface area (Å²) in [7, 11) is 0. The number of aromatic hydroxyl groups is 1. The molecule has 0 unspecified atom stereocenters. The fourth-order valence-corrected chi connectivity index (χ4v) is 1.44. The van der Waals surface area contributed by atoms with Crippen molar-refractivity contribution in [2.45, 2.75) is 20.8 Å². The minimum Gasteiger partial charge on any atom is -0.493 e. The van der Waals surface area contributed by atoms with E-state index in [1.165, 1.54) is 4.68 Å². The van der Waals surface area contributed by atoms with Gasteiger partial charge in [-0.3, -0.25) is 0 Å². The highest BCUT2D eigenvalue weighted by atomic mass is 16.3. The van der Waals surface area contributed by atoms with Gasteiger partial charge in [0, 0.05) is 17.5 Å². The standard InChI is InChI=1S/C10H12N4O/c1-6-4-7(2)12-10(11-6)14-9(15)5-8(3)13-14/h4-5,15H,1-3H3. The Labute approximate surface area is 87.4 Å². The number of rotatable bonds is 1. The first kappa shape index (κ1) is 9.64. The normalized spacial score (nSPS) is 10.6. The summed E-state index contributed by atoms with van der Waals surface area (Å²) < 4.78 is 1.33. The Hall–Kier alpha value is -1.91. The molecule has 0 bridgehead atoms.